The van der Waals surface area contributed by atoms with Crippen molar-refractivity contribution in [2.75, 3.05) is 65.9 Å². The van der Waals surface area contributed by atoms with Gasteiger partial charge >= 0.3 is 0 Å². The monoisotopic (exact) mass is 342 g/mol. The Bertz CT molecular complexity index is 241. The Hall–Kier alpha value is -0.240. The smallest absolute Gasteiger partial charge is 0.0492 e. The minimum Gasteiger partial charge on any atom is -0.304 e. The van der Waals surface area contributed by atoms with Crippen molar-refractivity contribution < 1.29 is 0 Å². The molecule has 1 saturated heterocycles. The summed E-state index contributed by atoms with van der Waals surface area (Å²) < 4.78 is 0. The second-order valence-corrected chi connectivity index (χ2v) is 7.83. The number of nitrogens with zero attached hydrogens (tertiary/aromatic N) is 2. The fourth-order valence-electron chi connectivity index (χ4n) is 3.03. The molecule has 1 rings (SSSR count). The molecule has 144 valence electrons. The van der Waals surface area contributed by atoms with Crippen molar-refractivity contribution in [1.82, 2.24) is 31.1 Å². The molecule has 1 heterocycles. The van der Waals surface area contributed by atoms with Crippen molar-refractivity contribution in [3.8, 4) is 0 Å². The second-order valence-electron chi connectivity index (χ2n) is 7.83. The van der Waals surface area contributed by atoms with E-state index in [-0.39, 0.29) is 0 Å². The molecule has 0 aromatic rings. The minimum atomic E-state index is 0.703. The summed E-state index contributed by atoms with van der Waals surface area (Å²) in [5.41, 5.74) is 0. The van der Waals surface area contributed by atoms with Crippen molar-refractivity contribution in [1.29, 1.82) is 0 Å². The predicted molar refractivity (Wildman–Crippen MR) is 104 cm³/mol. The highest BCUT2D eigenvalue weighted by Crippen LogP contribution is 1.97. The summed E-state index contributed by atoms with van der Waals surface area (Å²) in [5, 5.41) is 14.3. The molecule has 0 spiro atoms. The summed E-state index contributed by atoms with van der Waals surface area (Å²) in [7, 11) is 0. The molecule has 6 nitrogen and oxygen atoms in total. The van der Waals surface area contributed by atoms with Gasteiger partial charge in [0, 0.05) is 39.8 Å². The van der Waals surface area contributed by atoms with Crippen LogP contribution < -0.4 is 21.3 Å². The van der Waals surface area contributed by atoms with Gasteiger partial charge in [-0.25, -0.2) is 0 Å². The molecule has 0 radical (unpaired) electrons. The number of hydrogen-bond acceptors (Lipinski definition) is 6. The molecule has 0 aliphatic carbocycles. The largest absolute Gasteiger partial charge is 0.304 e. The first-order chi connectivity index (χ1) is 11.6. The van der Waals surface area contributed by atoms with Crippen LogP contribution in [-0.2, 0) is 0 Å². The van der Waals surface area contributed by atoms with Crippen LogP contribution in [0.5, 0.6) is 0 Å². The highest BCUT2D eigenvalue weighted by molar-refractivity contribution is 4.63. The van der Waals surface area contributed by atoms with E-state index in [1.165, 1.54) is 12.8 Å². The summed E-state index contributed by atoms with van der Waals surface area (Å²) in [6.45, 7) is 19.6. The molecule has 0 saturated carbocycles. The molecular formula is C18H42N6. The van der Waals surface area contributed by atoms with Gasteiger partial charge in [0.15, 0.2) is 0 Å². The van der Waals surface area contributed by atoms with Gasteiger partial charge in [-0.3, -0.25) is 9.80 Å². The van der Waals surface area contributed by atoms with Crippen LogP contribution in [0.25, 0.3) is 0 Å². The molecule has 1 fully saturated rings. The van der Waals surface area contributed by atoms with Gasteiger partial charge in [-0.15, -0.1) is 0 Å². The van der Waals surface area contributed by atoms with Gasteiger partial charge in [-0.05, 0) is 50.9 Å². The van der Waals surface area contributed by atoms with E-state index in [2.05, 4.69) is 58.8 Å². The van der Waals surface area contributed by atoms with Gasteiger partial charge in [0.2, 0.25) is 0 Å². The van der Waals surface area contributed by atoms with Crippen molar-refractivity contribution in [2.45, 2.75) is 40.5 Å². The van der Waals surface area contributed by atoms with Gasteiger partial charge in [0.25, 0.3) is 0 Å². The Kier molecular flexibility index (Phi) is 12.7. The summed E-state index contributed by atoms with van der Waals surface area (Å²) in [6.07, 6.45) is 2.35. The maximum absolute atomic E-state index is 3.59. The van der Waals surface area contributed by atoms with Crippen LogP contribution in [0.2, 0.25) is 0 Å². The van der Waals surface area contributed by atoms with Crippen molar-refractivity contribution in [3.63, 3.8) is 0 Å². The Morgan fingerprint density at radius 3 is 1.12 bits per heavy atom. The Morgan fingerprint density at radius 1 is 0.583 bits per heavy atom. The zero-order valence-electron chi connectivity index (χ0n) is 16.5. The Morgan fingerprint density at radius 2 is 0.875 bits per heavy atom. The van der Waals surface area contributed by atoms with Gasteiger partial charge in [0.1, 0.15) is 0 Å². The maximum atomic E-state index is 3.59. The van der Waals surface area contributed by atoms with E-state index in [9.17, 15) is 0 Å². The zero-order chi connectivity index (χ0) is 17.6. The summed E-state index contributed by atoms with van der Waals surface area (Å²) in [4.78, 5) is 4.95. The molecular weight excluding hydrogens is 300 g/mol. The molecule has 0 bridgehead atoms. The zero-order valence-corrected chi connectivity index (χ0v) is 16.5. The van der Waals surface area contributed by atoms with Crippen molar-refractivity contribution >= 4 is 0 Å². The Labute approximate surface area is 150 Å². The van der Waals surface area contributed by atoms with E-state index in [1.807, 2.05) is 0 Å². The van der Waals surface area contributed by atoms with E-state index < -0.39 is 0 Å². The highest BCUT2D eigenvalue weighted by Gasteiger charge is 2.08. The molecule has 24 heavy (non-hydrogen) atoms. The minimum absolute atomic E-state index is 0.703. The van der Waals surface area contributed by atoms with E-state index in [4.69, 9.17) is 0 Å². The summed E-state index contributed by atoms with van der Waals surface area (Å²) in [5.74, 6) is 1.41. The first kappa shape index (κ1) is 21.8. The lowest BCUT2D eigenvalue weighted by atomic mass is 10.2. The van der Waals surface area contributed by atoms with Crippen LogP contribution >= 0.6 is 0 Å². The van der Waals surface area contributed by atoms with Crippen LogP contribution in [0, 0.1) is 11.8 Å². The third-order valence-electron chi connectivity index (χ3n) is 4.00. The first-order valence-electron chi connectivity index (χ1n) is 9.85. The summed E-state index contributed by atoms with van der Waals surface area (Å²) in [6, 6.07) is 0. The molecule has 0 amide bonds. The normalized spacial score (nSPS) is 22.2. The average molecular weight is 343 g/mol. The summed E-state index contributed by atoms with van der Waals surface area (Å²) >= 11 is 0. The quantitative estimate of drug-likeness (QED) is 0.609. The van der Waals surface area contributed by atoms with Gasteiger partial charge < -0.3 is 21.3 Å². The third-order valence-corrected chi connectivity index (χ3v) is 4.00. The second kappa shape index (κ2) is 14.0. The average Bonchev–Trinajstić information content (AvgIpc) is 2.50. The predicted octanol–water partition coefficient (Wildman–Crippen LogP) is 0.885. The molecule has 0 aromatic carbocycles. The molecule has 1 aliphatic heterocycles. The molecule has 4 N–H and O–H groups in total. The number of hydrogen-bond donors (Lipinski definition) is 4. The third kappa shape index (κ3) is 12.2. The van der Waals surface area contributed by atoms with Gasteiger partial charge in [-0.2, -0.15) is 0 Å². The standard InChI is InChI=1S/C18H42N6/c1-17(2)11-23-13-19-7-5-9-21-15-24(12-18(3)4)16-22-10-6-8-20-14-23/h17-22H,5-16H2,1-4H3. The van der Waals surface area contributed by atoms with Crippen LogP contribution in [0.1, 0.15) is 40.5 Å². The maximum Gasteiger partial charge on any atom is 0.0492 e. The van der Waals surface area contributed by atoms with E-state index in [0.29, 0.717) is 11.8 Å². The van der Waals surface area contributed by atoms with E-state index in [0.717, 1.165) is 65.9 Å². The first-order valence-corrected chi connectivity index (χ1v) is 9.85. The molecule has 1 aliphatic rings. The van der Waals surface area contributed by atoms with Crippen molar-refractivity contribution in [3.05, 3.63) is 0 Å². The van der Waals surface area contributed by atoms with Crippen LogP contribution in [-0.4, -0.2) is 75.7 Å². The number of rotatable bonds is 4. The lowest BCUT2D eigenvalue weighted by Crippen LogP contribution is -2.45. The Balaban J connectivity index is 2.36. The van der Waals surface area contributed by atoms with Crippen molar-refractivity contribution in [2.24, 2.45) is 11.8 Å². The molecule has 0 atom stereocenters. The SMILES string of the molecule is CC(C)CN1CNCCCNCN(CC(C)C)CNCCCNC1. The van der Waals surface area contributed by atoms with E-state index >= 15 is 0 Å². The van der Waals surface area contributed by atoms with Crippen LogP contribution in [0.15, 0.2) is 0 Å². The number of nitrogens with one attached hydrogen (secondary N) is 4. The van der Waals surface area contributed by atoms with E-state index in [1.54, 1.807) is 0 Å². The van der Waals surface area contributed by atoms with Gasteiger partial charge in [0.05, 0.1) is 0 Å². The lowest BCUT2D eigenvalue weighted by Gasteiger charge is -2.27. The molecule has 0 unspecified atom stereocenters. The van der Waals surface area contributed by atoms with Gasteiger partial charge in [-0.1, -0.05) is 27.7 Å². The van der Waals surface area contributed by atoms with Crippen LogP contribution in [0.4, 0.5) is 0 Å². The fraction of sp³-hybridized carbons (Fsp3) is 1.00. The molecule has 6 heteroatoms. The highest BCUT2D eigenvalue weighted by atomic mass is 15.3. The topological polar surface area (TPSA) is 54.6 Å². The fourth-order valence-corrected chi connectivity index (χ4v) is 3.03. The lowest BCUT2D eigenvalue weighted by molar-refractivity contribution is 0.199. The van der Waals surface area contributed by atoms with Crippen LogP contribution in [0.3, 0.4) is 0 Å². The molecule has 0 aromatic heterocycles.